The van der Waals surface area contributed by atoms with Crippen LogP contribution in [0.1, 0.15) is 20.7 Å². The van der Waals surface area contributed by atoms with Crippen LogP contribution in [0.4, 0.5) is 4.39 Å². The van der Waals surface area contributed by atoms with E-state index in [0.717, 1.165) is 27.6 Å². The van der Waals surface area contributed by atoms with Crippen molar-refractivity contribution in [2.45, 2.75) is 6.54 Å². The molecule has 5 nitrogen and oxygen atoms in total. The largest absolute Gasteiger partial charge is 0.383 e. The molecule has 0 saturated carbocycles. The lowest BCUT2D eigenvalue weighted by Gasteiger charge is -2.14. The van der Waals surface area contributed by atoms with E-state index in [1.54, 1.807) is 34.0 Å². The van der Waals surface area contributed by atoms with Crippen LogP contribution in [0.15, 0.2) is 54.9 Å². The van der Waals surface area contributed by atoms with E-state index < -0.39 is 0 Å². The van der Waals surface area contributed by atoms with Gasteiger partial charge in [-0.05, 0) is 41.0 Å². The third-order valence-electron chi connectivity index (χ3n) is 4.83. The molecule has 0 saturated heterocycles. The van der Waals surface area contributed by atoms with Crippen LogP contribution in [0.3, 0.4) is 0 Å². The highest BCUT2D eigenvalue weighted by atomic mass is 19.1. The van der Waals surface area contributed by atoms with E-state index in [1.165, 1.54) is 18.2 Å². The third-order valence-corrected chi connectivity index (χ3v) is 4.83. The van der Waals surface area contributed by atoms with Crippen molar-refractivity contribution in [3.05, 3.63) is 71.8 Å². The maximum atomic E-state index is 13.4. The summed E-state index contributed by atoms with van der Waals surface area (Å²) in [6.07, 6.45) is 4.92. The summed E-state index contributed by atoms with van der Waals surface area (Å²) in [7, 11) is 3.68. The summed E-state index contributed by atoms with van der Waals surface area (Å²) in [6.45, 7) is 0.747. The smallest absolute Gasteiger partial charge is 0.245 e. The zero-order valence-corrected chi connectivity index (χ0v) is 15.7. The van der Waals surface area contributed by atoms with Gasteiger partial charge in [0.25, 0.3) is 0 Å². The van der Waals surface area contributed by atoms with Crippen molar-refractivity contribution >= 4 is 22.6 Å². The summed E-state index contributed by atoms with van der Waals surface area (Å²) in [4.78, 5) is 27.3. The lowest BCUT2D eigenvalue weighted by Crippen LogP contribution is -2.23. The van der Waals surface area contributed by atoms with E-state index in [2.05, 4.69) is 5.32 Å². The quantitative estimate of drug-likeness (QED) is 0.559. The molecule has 1 aromatic heterocycles. The molecule has 0 fully saturated rings. The summed E-state index contributed by atoms with van der Waals surface area (Å²) in [6, 6.07) is 9.84. The molecule has 1 N–H and O–H groups in total. The number of benzene rings is 2. The zero-order chi connectivity index (χ0) is 19.8. The summed E-state index contributed by atoms with van der Waals surface area (Å²) < 4.78 is 15.0. The van der Waals surface area contributed by atoms with Gasteiger partial charge < -0.3 is 10.2 Å². The van der Waals surface area contributed by atoms with Gasteiger partial charge in [-0.1, -0.05) is 12.1 Å². The van der Waals surface area contributed by atoms with Gasteiger partial charge in [-0.25, -0.2) is 4.39 Å². The van der Waals surface area contributed by atoms with Gasteiger partial charge in [-0.2, -0.15) is 0 Å². The predicted octanol–water partition coefficient (Wildman–Crippen LogP) is 3.45. The van der Waals surface area contributed by atoms with Crippen LogP contribution in [-0.2, 0) is 6.54 Å². The molecule has 0 bridgehead atoms. The number of hydrogen-bond acceptors (Lipinski definition) is 4. The zero-order valence-electron chi connectivity index (χ0n) is 15.7. The van der Waals surface area contributed by atoms with E-state index in [9.17, 15) is 14.0 Å². The third kappa shape index (κ3) is 3.12. The van der Waals surface area contributed by atoms with E-state index >= 15 is 0 Å². The molecule has 1 aliphatic rings. The Labute approximate surface area is 162 Å². The average Bonchev–Trinajstić information content (AvgIpc) is 3.04. The molecule has 4 rings (SSSR count). The van der Waals surface area contributed by atoms with E-state index in [4.69, 9.17) is 0 Å². The first-order chi connectivity index (χ1) is 13.5. The van der Waals surface area contributed by atoms with Crippen LogP contribution in [0.2, 0.25) is 0 Å². The Hall–Kier alpha value is -3.25. The van der Waals surface area contributed by atoms with E-state index in [0.29, 0.717) is 12.1 Å². The van der Waals surface area contributed by atoms with Gasteiger partial charge in [0.05, 0.1) is 12.1 Å². The Morgan fingerprint density at radius 3 is 2.64 bits per heavy atom. The minimum Gasteiger partial charge on any atom is -0.383 e. The van der Waals surface area contributed by atoms with E-state index in [1.807, 2.05) is 26.2 Å². The fourth-order valence-corrected chi connectivity index (χ4v) is 3.58. The summed E-state index contributed by atoms with van der Waals surface area (Å²) in [5.41, 5.74) is 3.67. The molecule has 0 unspecified atom stereocenters. The van der Waals surface area contributed by atoms with Crippen LogP contribution < -0.4 is 5.32 Å². The highest BCUT2D eigenvalue weighted by Crippen LogP contribution is 2.35. The average molecular weight is 377 g/mol. The van der Waals surface area contributed by atoms with Crippen molar-refractivity contribution in [1.29, 1.82) is 0 Å². The highest BCUT2D eigenvalue weighted by molar-refractivity contribution is 6.19. The number of hydrogen-bond donors (Lipinski definition) is 1. The maximum absolute atomic E-state index is 13.4. The van der Waals surface area contributed by atoms with Crippen LogP contribution in [0.25, 0.3) is 22.0 Å². The van der Waals surface area contributed by atoms with E-state index in [-0.39, 0.29) is 24.1 Å². The van der Waals surface area contributed by atoms with Gasteiger partial charge >= 0.3 is 0 Å². The molecule has 6 heteroatoms. The molecule has 142 valence electrons. The van der Waals surface area contributed by atoms with Crippen molar-refractivity contribution in [2.24, 2.45) is 0 Å². The van der Waals surface area contributed by atoms with Crippen LogP contribution in [0, 0.1) is 5.82 Å². The minimum absolute atomic E-state index is 0.0643. The predicted molar refractivity (Wildman–Crippen MR) is 107 cm³/mol. The number of rotatable bonds is 4. The number of halogens is 1. The normalized spacial score (nSPS) is 13.9. The van der Waals surface area contributed by atoms with Gasteiger partial charge in [0, 0.05) is 50.1 Å². The molecular weight excluding hydrogens is 357 g/mol. The Bertz CT molecular complexity index is 1110. The lowest BCUT2D eigenvalue weighted by atomic mass is 9.91. The molecule has 0 atom stereocenters. The number of nitrogens with one attached hydrogen (secondary N) is 1. The van der Waals surface area contributed by atoms with Crippen LogP contribution in [0.5, 0.6) is 0 Å². The van der Waals surface area contributed by atoms with Gasteiger partial charge in [0.1, 0.15) is 5.82 Å². The lowest BCUT2D eigenvalue weighted by molar-refractivity contribution is 0.0919. The molecule has 0 spiro atoms. The molecule has 0 amide bonds. The number of nitrogens with zero attached hydrogens (tertiary/aromatic N) is 2. The maximum Gasteiger partial charge on any atom is 0.245 e. The van der Waals surface area contributed by atoms with Crippen LogP contribution in [-0.4, -0.2) is 41.8 Å². The summed E-state index contributed by atoms with van der Waals surface area (Å²) in [5.74, 6) is -0.561. The minimum atomic E-state index is -0.332. The first-order valence-electron chi connectivity index (χ1n) is 9.01. The fraction of sp³-hybridized carbons (Fsp3) is 0.182. The molecule has 28 heavy (non-hydrogen) atoms. The fourth-order valence-electron chi connectivity index (χ4n) is 3.58. The first kappa shape index (κ1) is 18.1. The van der Waals surface area contributed by atoms with Crippen molar-refractivity contribution < 1.29 is 14.0 Å². The Morgan fingerprint density at radius 1 is 1.18 bits per heavy atom. The second kappa shape index (κ2) is 7.05. The molecular formula is C22H20FN3O2. The topological polar surface area (TPSA) is 54.3 Å². The summed E-state index contributed by atoms with van der Waals surface area (Å²) in [5, 5.41) is 3.85. The van der Waals surface area contributed by atoms with Gasteiger partial charge in [-0.3, -0.25) is 14.2 Å². The number of carbonyl (C=O) groups excluding carboxylic acids is 2. The number of allylic oxidation sites excluding steroid dienone is 1. The highest BCUT2D eigenvalue weighted by Gasteiger charge is 2.23. The van der Waals surface area contributed by atoms with Gasteiger partial charge in [-0.15, -0.1) is 0 Å². The standard InChI is InChI=1S/C22H20FN3O2/c1-25(2)9-8-19(27)21-17-7-10-26-20(28)13-24-12-15(22(17)26)11-18(21)14-3-5-16(23)6-4-14/h3-11,24H,12-13H2,1-2H3. The monoisotopic (exact) mass is 377 g/mol. The van der Waals surface area contributed by atoms with Crippen molar-refractivity contribution in [1.82, 2.24) is 14.8 Å². The Balaban J connectivity index is 2.02. The van der Waals surface area contributed by atoms with Crippen molar-refractivity contribution in [3.8, 4) is 11.1 Å². The number of carbonyl (C=O) groups is 2. The SMILES string of the molecule is CN(C)C=CC(=O)c1c(-c2ccc(F)cc2)cc2c3c1ccn3C(=O)CNC2. The molecule has 2 aromatic carbocycles. The van der Waals surface area contributed by atoms with Crippen molar-refractivity contribution in [3.63, 3.8) is 0 Å². The number of ketones is 1. The Morgan fingerprint density at radius 2 is 1.93 bits per heavy atom. The molecule has 3 aromatic rings. The molecule has 2 heterocycles. The molecule has 1 aliphatic heterocycles. The Kier molecular flexibility index (Phi) is 4.57. The van der Waals surface area contributed by atoms with Gasteiger partial charge in [0.2, 0.25) is 5.91 Å². The van der Waals surface area contributed by atoms with Crippen molar-refractivity contribution in [2.75, 3.05) is 20.6 Å². The van der Waals surface area contributed by atoms with Crippen LogP contribution >= 0.6 is 0 Å². The van der Waals surface area contributed by atoms with Gasteiger partial charge in [0.15, 0.2) is 5.78 Å². The second-order valence-electron chi connectivity index (χ2n) is 7.05. The molecule has 0 aliphatic carbocycles. The summed E-state index contributed by atoms with van der Waals surface area (Å²) >= 11 is 0. The second-order valence-corrected chi connectivity index (χ2v) is 7.05. The number of aromatic nitrogens is 1. The first-order valence-corrected chi connectivity index (χ1v) is 9.01. The molecule has 0 radical (unpaired) electrons.